The molecule has 0 aromatic heterocycles. The molecule has 0 bridgehead atoms. The van der Waals surface area contributed by atoms with Gasteiger partial charge in [0.2, 0.25) is 0 Å². The first-order valence-corrected chi connectivity index (χ1v) is 4.93. The zero-order chi connectivity index (χ0) is 9.97. The molecule has 2 nitrogen and oxygen atoms in total. The van der Waals surface area contributed by atoms with Gasteiger partial charge in [-0.2, -0.15) is 0 Å². The molecule has 0 aliphatic carbocycles. The largest absolute Gasteiger partial charge is 0.376 e. The summed E-state index contributed by atoms with van der Waals surface area (Å²) in [4.78, 5) is 4.39. The van der Waals surface area contributed by atoms with Gasteiger partial charge in [-0.1, -0.05) is 24.3 Å². The van der Waals surface area contributed by atoms with Crippen LogP contribution in [0.2, 0.25) is 0 Å². The molecule has 2 heterocycles. The van der Waals surface area contributed by atoms with Crippen LogP contribution in [0.5, 0.6) is 0 Å². The fraction of sp³-hybridized carbons (Fsp3) is 0.333. The first kappa shape index (κ1) is 9.13. The monoisotopic (exact) mass is 188 g/mol. The van der Waals surface area contributed by atoms with Gasteiger partial charge >= 0.3 is 0 Å². The van der Waals surface area contributed by atoms with E-state index in [2.05, 4.69) is 60.6 Å². The summed E-state index contributed by atoms with van der Waals surface area (Å²) < 4.78 is 0. The fourth-order valence-electron chi connectivity index (χ4n) is 1.70. The third-order valence-corrected chi connectivity index (χ3v) is 2.43. The first-order valence-electron chi connectivity index (χ1n) is 4.93. The number of hydrogen-bond acceptors (Lipinski definition) is 2. The van der Waals surface area contributed by atoms with E-state index in [1.54, 1.807) is 0 Å². The van der Waals surface area contributed by atoms with Crippen molar-refractivity contribution in [1.82, 2.24) is 9.80 Å². The maximum absolute atomic E-state index is 2.19. The Morgan fingerprint density at radius 3 is 1.64 bits per heavy atom. The number of nitrogens with zero attached hydrogens (tertiary/aromatic N) is 2. The zero-order valence-electron chi connectivity index (χ0n) is 8.77. The van der Waals surface area contributed by atoms with Gasteiger partial charge in [0, 0.05) is 39.6 Å². The number of rotatable bonds is 1. The van der Waals surface area contributed by atoms with Crippen molar-refractivity contribution in [2.75, 3.05) is 27.2 Å². The summed E-state index contributed by atoms with van der Waals surface area (Å²) in [6.07, 6.45) is 13.1. The summed E-state index contributed by atoms with van der Waals surface area (Å²) >= 11 is 0. The molecule has 0 aromatic carbocycles. The van der Waals surface area contributed by atoms with Crippen LogP contribution in [0, 0.1) is 0 Å². The Balaban J connectivity index is 2.22. The molecule has 0 aromatic rings. The Morgan fingerprint density at radius 2 is 1.29 bits per heavy atom. The standard InChI is InChI=1S/C12H16N2/c1-13-7-3-5-11(9-13)12-6-4-8-14(2)10-12/h3-6,9-10H,7-8H2,1-2H3. The van der Waals surface area contributed by atoms with E-state index in [-0.39, 0.29) is 0 Å². The molecule has 0 radical (unpaired) electrons. The molecular weight excluding hydrogens is 172 g/mol. The normalized spacial score (nSPS) is 21.0. The van der Waals surface area contributed by atoms with Crippen LogP contribution in [0.4, 0.5) is 0 Å². The van der Waals surface area contributed by atoms with Crippen LogP contribution < -0.4 is 0 Å². The highest BCUT2D eigenvalue weighted by atomic mass is 15.1. The minimum Gasteiger partial charge on any atom is -0.376 e. The van der Waals surface area contributed by atoms with E-state index in [1.807, 2.05) is 0 Å². The van der Waals surface area contributed by atoms with Crippen LogP contribution in [0.15, 0.2) is 47.9 Å². The molecule has 74 valence electrons. The van der Waals surface area contributed by atoms with Crippen molar-refractivity contribution >= 4 is 0 Å². The minimum absolute atomic E-state index is 1.01. The van der Waals surface area contributed by atoms with Crippen LogP contribution in [0.1, 0.15) is 0 Å². The Kier molecular flexibility index (Phi) is 2.44. The van der Waals surface area contributed by atoms with Gasteiger partial charge in [0.15, 0.2) is 0 Å². The van der Waals surface area contributed by atoms with Crippen molar-refractivity contribution < 1.29 is 0 Å². The molecule has 0 saturated heterocycles. The summed E-state index contributed by atoms with van der Waals surface area (Å²) in [5.74, 6) is 0. The molecule has 2 heteroatoms. The van der Waals surface area contributed by atoms with E-state index in [9.17, 15) is 0 Å². The Labute approximate surface area is 85.5 Å². The predicted molar refractivity (Wildman–Crippen MR) is 59.7 cm³/mol. The third kappa shape index (κ3) is 1.90. The molecule has 0 spiro atoms. The van der Waals surface area contributed by atoms with Crippen molar-refractivity contribution in [3.8, 4) is 0 Å². The first-order chi connectivity index (χ1) is 6.75. The summed E-state index contributed by atoms with van der Waals surface area (Å²) in [7, 11) is 4.20. The van der Waals surface area contributed by atoms with E-state index in [4.69, 9.17) is 0 Å². The molecule has 0 atom stereocenters. The Morgan fingerprint density at radius 1 is 0.857 bits per heavy atom. The number of allylic oxidation sites excluding steroid dienone is 4. The molecule has 2 aliphatic heterocycles. The zero-order valence-corrected chi connectivity index (χ0v) is 8.77. The van der Waals surface area contributed by atoms with Gasteiger partial charge in [-0.3, -0.25) is 0 Å². The van der Waals surface area contributed by atoms with E-state index in [0.29, 0.717) is 0 Å². The lowest BCUT2D eigenvalue weighted by atomic mass is 10.0. The second-order valence-corrected chi connectivity index (χ2v) is 3.85. The number of likely N-dealkylation sites (N-methyl/N-ethyl adjacent to an activating group) is 2. The second-order valence-electron chi connectivity index (χ2n) is 3.85. The van der Waals surface area contributed by atoms with E-state index >= 15 is 0 Å². The molecule has 0 amide bonds. The number of hydrogen-bond donors (Lipinski definition) is 0. The average molecular weight is 188 g/mol. The van der Waals surface area contributed by atoms with Gasteiger partial charge < -0.3 is 9.80 Å². The molecule has 2 aliphatic rings. The molecule has 0 saturated carbocycles. The molecule has 0 N–H and O–H groups in total. The fourth-order valence-corrected chi connectivity index (χ4v) is 1.70. The van der Waals surface area contributed by atoms with Crippen LogP contribution >= 0.6 is 0 Å². The lowest BCUT2D eigenvalue weighted by molar-refractivity contribution is 0.492. The highest BCUT2D eigenvalue weighted by molar-refractivity contribution is 5.48. The molecular formula is C12H16N2. The van der Waals surface area contributed by atoms with Gasteiger partial charge in [-0.15, -0.1) is 0 Å². The highest BCUT2D eigenvalue weighted by Gasteiger charge is 2.07. The van der Waals surface area contributed by atoms with Gasteiger partial charge in [0.25, 0.3) is 0 Å². The maximum atomic E-state index is 2.19. The van der Waals surface area contributed by atoms with E-state index in [0.717, 1.165) is 13.1 Å². The van der Waals surface area contributed by atoms with Gasteiger partial charge in [-0.05, 0) is 11.1 Å². The van der Waals surface area contributed by atoms with Crippen LogP contribution in [-0.2, 0) is 0 Å². The minimum atomic E-state index is 1.01. The van der Waals surface area contributed by atoms with Crippen molar-refractivity contribution in [2.24, 2.45) is 0 Å². The SMILES string of the molecule is CN1C=C(C2=CN(C)CC=C2)C=CC1. The molecule has 14 heavy (non-hydrogen) atoms. The van der Waals surface area contributed by atoms with Crippen LogP contribution in [0.25, 0.3) is 0 Å². The third-order valence-electron chi connectivity index (χ3n) is 2.43. The van der Waals surface area contributed by atoms with Crippen molar-refractivity contribution in [3.63, 3.8) is 0 Å². The quantitative estimate of drug-likeness (QED) is 0.618. The average Bonchev–Trinajstić information content (AvgIpc) is 2.18. The summed E-state index contributed by atoms with van der Waals surface area (Å²) in [6.45, 7) is 2.02. The predicted octanol–water partition coefficient (Wildman–Crippen LogP) is 1.76. The lowest BCUT2D eigenvalue weighted by Gasteiger charge is -2.22. The molecule has 2 rings (SSSR count). The summed E-state index contributed by atoms with van der Waals surface area (Å²) in [5, 5.41) is 0. The van der Waals surface area contributed by atoms with Gasteiger partial charge in [0.05, 0.1) is 0 Å². The lowest BCUT2D eigenvalue weighted by Crippen LogP contribution is -2.17. The topological polar surface area (TPSA) is 6.48 Å². The van der Waals surface area contributed by atoms with E-state index in [1.165, 1.54) is 11.1 Å². The smallest absolute Gasteiger partial charge is 0.0354 e. The van der Waals surface area contributed by atoms with Crippen LogP contribution in [-0.4, -0.2) is 37.0 Å². The summed E-state index contributed by atoms with van der Waals surface area (Å²) in [5.41, 5.74) is 2.59. The second kappa shape index (κ2) is 3.74. The van der Waals surface area contributed by atoms with Gasteiger partial charge in [-0.25, -0.2) is 0 Å². The van der Waals surface area contributed by atoms with Crippen LogP contribution in [0.3, 0.4) is 0 Å². The Hall–Kier alpha value is -1.44. The van der Waals surface area contributed by atoms with Crippen molar-refractivity contribution in [2.45, 2.75) is 0 Å². The molecule has 0 unspecified atom stereocenters. The molecule has 0 fully saturated rings. The Bertz CT molecular complexity index is 300. The summed E-state index contributed by atoms with van der Waals surface area (Å²) in [6, 6.07) is 0. The highest BCUT2D eigenvalue weighted by Crippen LogP contribution is 2.19. The maximum Gasteiger partial charge on any atom is 0.0354 e. The van der Waals surface area contributed by atoms with Crippen molar-refractivity contribution in [1.29, 1.82) is 0 Å². The van der Waals surface area contributed by atoms with Gasteiger partial charge in [0.1, 0.15) is 0 Å². The van der Waals surface area contributed by atoms with E-state index < -0.39 is 0 Å². The van der Waals surface area contributed by atoms with Crippen molar-refractivity contribution in [3.05, 3.63) is 47.9 Å².